The highest BCUT2D eigenvalue weighted by atomic mass is 16.5. The number of fused-ring (bicyclic) bond motifs is 3. The minimum atomic E-state index is -0.700. The number of alkyl carbamates (subject to hydrolysis) is 2. The average molecular weight is 829 g/mol. The fourth-order valence-electron chi connectivity index (χ4n) is 9.57. The number of ether oxygens (including phenoxy) is 2. The Morgan fingerprint density at radius 3 is 1.79 bits per heavy atom. The molecule has 9 rings (SSSR count). The average Bonchev–Trinajstić information content (AvgIpc) is 3.66. The van der Waals surface area contributed by atoms with Gasteiger partial charge >= 0.3 is 12.2 Å². The SMILES string of the molecule is COC(=O)N[C@H](C(=O)N1C(c2ncc(-c3cnc4cc(-c5ccc(-c6cnc([C@@H]7C[C@H]8CC[C@H]8N7C(=O)[C@@H](NC(=O)OC)C(C)C)[nH]6)cc5)ccc4n3)[nH]2)CC2C[C@H]21)C(C)C. The van der Waals surface area contributed by atoms with E-state index in [1.165, 1.54) is 14.2 Å². The Bertz CT molecular complexity index is 2480. The molecular formula is C45H52N10O6. The van der Waals surface area contributed by atoms with E-state index >= 15 is 0 Å². The number of carbonyl (C=O) groups excluding carboxylic acids is 4. The number of piperidine rings is 1. The van der Waals surface area contributed by atoms with Gasteiger partial charge in [0.25, 0.3) is 0 Å². The quantitative estimate of drug-likeness (QED) is 0.113. The van der Waals surface area contributed by atoms with E-state index in [0.29, 0.717) is 29.0 Å². The summed E-state index contributed by atoms with van der Waals surface area (Å²) in [6.07, 6.45) is 8.67. The molecule has 2 saturated carbocycles. The number of carbonyl (C=O) groups is 4. The van der Waals surface area contributed by atoms with E-state index in [1.54, 1.807) is 12.4 Å². The number of methoxy groups -OCH3 is 2. The maximum absolute atomic E-state index is 14.0. The summed E-state index contributed by atoms with van der Waals surface area (Å²) >= 11 is 0. The van der Waals surface area contributed by atoms with E-state index in [0.717, 1.165) is 71.3 Å². The van der Waals surface area contributed by atoms with Gasteiger partial charge in [-0.3, -0.25) is 14.6 Å². The lowest BCUT2D eigenvalue weighted by Gasteiger charge is -2.39. The van der Waals surface area contributed by atoms with Gasteiger partial charge in [0.15, 0.2) is 0 Å². The maximum Gasteiger partial charge on any atom is 0.407 e. The molecule has 0 bridgehead atoms. The Hall–Kier alpha value is -6.32. The lowest BCUT2D eigenvalue weighted by Crippen LogP contribution is -2.54. The smallest absolute Gasteiger partial charge is 0.407 e. The molecule has 2 aromatic carbocycles. The number of imidazole rings is 2. The molecule has 4 fully saturated rings. The zero-order chi connectivity index (χ0) is 42.7. The van der Waals surface area contributed by atoms with Crippen LogP contribution < -0.4 is 10.6 Å². The van der Waals surface area contributed by atoms with Gasteiger partial charge in [-0.25, -0.2) is 24.5 Å². The zero-order valence-corrected chi connectivity index (χ0v) is 35.2. The number of likely N-dealkylation sites (tertiary alicyclic amines) is 2. The van der Waals surface area contributed by atoms with E-state index in [4.69, 9.17) is 29.4 Å². The summed E-state index contributed by atoms with van der Waals surface area (Å²) in [6.45, 7) is 7.67. The van der Waals surface area contributed by atoms with Gasteiger partial charge in [-0.1, -0.05) is 58.0 Å². The molecule has 318 valence electrons. The minimum Gasteiger partial charge on any atom is -0.453 e. The highest BCUT2D eigenvalue weighted by Gasteiger charge is 2.56. The van der Waals surface area contributed by atoms with Crippen LogP contribution in [0.25, 0.3) is 44.8 Å². The Balaban J connectivity index is 0.885. The monoisotopic (exact) mass is 828 g/mol. The Labute approximate surface area is 353 Å². The summed E-state index contributed by atoms with van der Waals surface area (Å²) in [5.41, 5.74) is 6.69. The van der Waals surface area contributed by atoms with Crippen molar-refractivity contribution in [1.29, 1.82) is 0 Å². The summed E-state index contributed by atoms with van der Waals surface area (Å²) in [7, 11) is 2.60. The molecule has 5 aromatic rings. The predicted octanol–water partition coefficient (Wildman–Crippen LogP) is 6.55. The number of hydrogen-bond donors (Lipinski definition) is 4. The number of nitrogens with one attached hydrogen (secondary N) is 4. The molecule has 3 aromatic heterocycles. The lowest BCUT2D eigenvalue weighted by atomic mass is 9.80. The Morgan fingerprint density at radius 2 is 1.20 bits per heavy atom. The van der Waals surface area contributed by atoms with Crippen LogP contribution in [-0.4, -0.2) is 102 Å². The van der Waals surface area contributed by atoms with Gasteiger partial charge in [0.05, 0.1) is 67.3 Å². The number of rotatable bonds is 11. The molecule has 5 heterocycles. The molecular weight excluding hydrogens is 777 g/mol. The van der Waals surface area contributed by atoms with Crippen LogP contribution in [0.2, 0.25) is 0 Å². The van der Waals surface area contributed by atoms with Crippen molar-refractivity contribution in [2.45, 2.75) is 96.1 Å². The molecule has 2 unspecified atom stereocenters. The topological polar surface area (TPSA) is 200 Å². The largest absolute Gasteiger partial charge is 0.453 e. The van der Waals surface area contributed by atoms with E-state index in [1.807, 2.05) is 61.9 Å². The van der Waals surface area contributed by atoms with Crippen molar-refractivity contribution in [1.82, 2.24) is 50.3 Å². The molecule has 4 N–H and O–H groups in total. The van der Waals surface area contributed by atoms with Crippen LogP contribution in [-0.2, 0) is 19.1 Å². The number of aromatic nitrogens is 6. The molecule has 4 aliphatic rings. The minimum absolute atomic E-state index is 0.100. The van der Waals surface area contributed by atoms with Crippen LogP contribution in [0.15, 0.2) is 61.1 Å². The predicted molar refractivity (Wildman–Crippen MR) is 225 cm³/mol. The first kappa shape index (κ1) is 40.1. The maximum atomic E-state index is 14.0. The van der Waals surface area contributed by atoms with Crippen molar-refractivity contribution in [3.8, 4) is 33.8 Å². The molecule has 16 heteroatoms. The highest BCUT2D eigenvalue weighted by Crippen LogP contribution is 2.53. The molecule has 8 atom stereocenters. The van der Waals surface area contributed by atoms with Crippen molar-refractivity contribution in [2.24, 2.45) is 23.7 Å². The third-order valence-electron chi connectivity index (χ3n) is 13.2. The van der Waals surface area contributed by atoms with E-state index < -0.39 is 24.3 Å². The summed E-state index contributed by atoms with van der Waals surface area (Å²) < 4.78 is 9.62. The van der Waals surface area contributed by atoms with Crippen LogP contribution in [0.3, 0.4) is 0 Å². The van der Waals surface area contributed by atoms with Gasteiger partial charge in [0.1, 0.15) is 29.4 Å². The summed E-state index contributed by atoms with van der Waals surface area (Å²) in [5.74, 6) is 1.83. The fourth-order valence-corrected chi connectivity index (χ4v) is 9.57. The third kappa shape index (κ3) is 7.45. The van der Waals surface area contributed by atoms with Crippen LogP contribution >= 0.6 is 0 Å². The summed E-state index contributed by atoms with van der Waals surface area (Å²) in [5, 5.41) is 5.48. The standard InChI is InChI=1S/C45H52N10O6/c1-22(2)38(52-44(58)60-5)42(56)54-34-14-12-27(34)16-36(54)40-47-19-31(50-40)25-9-7-24(8-10-25)26-11-13-29-30(15-26)46-20-32(49-29)33-21-48-41(51-33)37-18-28-17-35(28)55(37)43(57)39(23(3)4)53-45(59)61-6/h7-11,13,15,19-23,27-28,34-39H,12,14,16-18H2,1-6H3,(H,47,50)(H,48,51)(H,52,58)(H,53,59)/t27-,28?,34-,35-,36+,37?,38+,39+/m1/s1. The number of benzene rings is 2. The zero-order valence-electron chi connectivity index (χ0n) is 35.2. The number of nitrogens with zero attached hydrogens (tertiary/aromatic N) is 6. The van der Waals surface area contributed by atoms with E-state index in [-0.39, 0.29) is 47.8 Å². The molecule has 61 heavy (non-hydrogen) atoms. The fraction of sp³-hybridized carbons (Fsp3) is 0.467. The summed E-state index contributed by atoms with van der Waals surface area (Å²) in [4.78, 5) is 81.9. The van der Waals surface area contributed by atoms with Crippen molar-refractivity contribution in [3.63, 3.8) is 0 Å². The molecule has 0 spiro atoms. The van der Waals surface area contributed by atoms with Crippen molar-refractivity contribution in [2.75, 3.05) is 14.2 Å². The molecule has 2 aliphatic carbocycles. The molecule has 2 saturated heterocycles. The Kier molecular flexibility index (Phi) is 10.5. The second kappa shape index (κ2) is 15.9. The third-order valence-corrected chi connectivity index (χ3v) is 13.2. The number of amides is 4. The van der Waals surface area contributed by atoms with Crippen molar-refractivity contribution in [3.05, 3.63) is 72.7 Å². The van der Waals surface area contributed by atoms with Gasteiger partial charge in [0.2, 0.25) is 11.8 Å². The van der Waals surface area contributed by atoms with Crippen molar-refractivity contribution < 1.29 is 28.7 Å². The van der Waals surface area contributed by atoms with Crippen LogP contribution in [0.4, 0.5) is 9.59 Å². The first-order chi connectivity index (χ1) is 29.4. The van der Waals surface area contributed by atoms with Gasteiger partial charge in [-0.05, 0) is 84.6 Å². The second-order valence-corrected chi connectivity index (χ2v) is 17.6. The second-order valence-electron chi connectivity index (χ2n) is 17.6. The molecule has 16 nitrogen and oxygen atoms in total. The molecule has 0 radical (unpaired) electrons. The number of hydrogen-bond acceptors (Lipinski definition) is 10. The van der Waals surface area contributed by atoms with Gasteiger partial charge in [-0.15, -0.1) is 0 Å². The van der Waals surface area contributed by atoms with Gasteiger partial charge < -0.3 is 39.9 Å². The van der Waals surface area contributed by atoms with Gasteiger partial charge in [0, 0.05) is 12.1 Å². The van der Waals surface area contributed by atoms with Crippen molar-refractivity contribution >= 4 is 35.0 Å². The van der Waals surface area contributed by atoms with Crippen LogP contribution in [0, 0.1) is 23.7 Å². The van der Waals surface area contributed by atoms with Crippen LogP contribution in [0.1, 0.15) is 83.5 Å². The highest BCUT2D eigenvalue weighted by molar-refractivity contribution is 5.88. The number of H-pyrrole nitrogens is 2. The first-order valence-corrected chi connectivity index (χ1v) is 21.2. The lowest BCUT2D eigenvalue weighted by molar-refractivity contribution is -0.139. The van der Waals surface area contributed by atoms with E-state index in [2.05, 4.69) is 44.9 Å². The normalized spacial score (nSPS) is 23.6. The molecule has 4 amide bonds. The number of aromatic amines is 2. The Morgan fingerprint density at radius 1 is 0.639 bits per heavy atom. The summed E-state index contributed by atoms with van der Waals surface area (Å²) in [6, 6.07) is 12.7. The van der Waals surface area contributed by atoms with Crippen LogP contribution in [0.5, 0.6) is 0 Å². The first-order valence-electron chi connectivity index (χ1n) is 21.2. The molecule has 2 aliphatic heterocycles. The van der Waals surface area contributed by atoms with E-state index in [9.17, 15) is 19.2 Å². The van der Waals surface area contributed by atoms with Gasteiger partial charge in [-0.2, -0.15) is 0 Å².